The van der Waals surface area contributed by atoms with E-state index in [9.17, 15) is 4.39 Å². The molecule has 8 heavy (non-hydrogen) atoms. The van der Waals surface area contributed by atoms with Gasteiger partial charge in [0.25, 0.3) is 0 Å². The van der Waals surface area contributed by atoms with Gasteiger partial charge >= 0.3 is 0 Å². The summed E-state index contributed by atoms with van der Waals surface area (Å²) in [6.45, 7) is 1.87. The van der Waals surface area contributed by atoms with E-state index in [-0.39, 0.29) is 12.2 Å². The molecule has 0 N–H and O–H groups in total. The van der Waals surface area contributed by atoms with Crippen LogP contribution in [-0.2, 0) is 0 Å². The van der Waals surface area contributed by atoms with E-state index in [1.54, 1.807) is 0 Å². The first-order chi connectivity index (χ1) is 3.81. The molecule has 0 radical (unpaired) electrons. The first-order valence-corrected chi connectivity index (χ1v) is 2.59. The van der Waals surface area contributed by atoms with E-state index >= 15 is 0 Å². The molecular weight excluding hydrogens is 103 g/mol. The Hall–Kier alpha value is -0.770. The second-order valence-electron chi connectivity index (χ2n) is 1.44. The van der Waals surface area contributed by atoms with Gasteiger partial charge in [0.1, 0.15) is 5.83 Å². The number of halogens is 1. The Bertz CT molecular complexity index is 117. The molecule has 0 aliphatic heterocycles. The van der Waals surface area contributed by atoms with Crippen molar-refractivity contribution in [2.24, 2.45) is 0 Å². The fraction of sp³-hybridized carbons (Fsp3) is 0.429. The van der Waals surface area contributed by atoms with Crippen LogP contribution in [0, 0.1) is 12.3 Å². The largest absolute Gasteiger partial charge is 0.211 e. The van der Waals surface area contributed by atoms with Gasteiger partial charge < -0.3 is 0 Å². The first kappa shape index (κ1) is 7.23. The van der Waals surface area contributed by atoms with Gasteiger partial charge in [0, 0.05) is 0 Å². The predicted octanol–water partition coefficient (Wildman–Crippen LogP) is 2.27. The maximum absolute atomic E-state index is 12.1. The second-order valence-corrected chi connectivity index (χ2v) is 1.44. The summed E-state index contributed by atoms with van der Waals surface area (Å²) in [5, 5.41) is 0. The van der Waals surface area contributed by atoms with Crippen molar-refractivity contribution in [3.63, 3.8) is 0 Å². The van der Waals surface area contributed by atoms with E-state index < -0.39 is 0 Å². The van der Waals surface area contributed by atoms with Crippen molar-refractivity contribution in [1.29, 1.82) is 0 Å². The van der Waals surface area contributed by atoms with Crippen molar-refractivity contribution >= 4 is 0 Å². The van der Waals surface area contributed by atoms with Gasteiger partial charge in [-0.3, -0.25) is 0 Å². The molecule has 0 amide bonds. The fourth-order valence-electron chi connectivity index (χ4n) is 0.391. The van der Waals surface area contributed by atoms with Gasteiger partial charge in [0.15, 0.2) is 0 Å². The number of hydrogen-bond acceptors (Lipinski definition) is 0. The highest BCUT2D eigenvalue weighted by atomic mass is 19.1. The molecule has 0 unspecified atom stereocenters. The van der Waals surface area contributed by atoms with E-state index in [1.807, 2.05) is 6.92 Å². The van der Waals surface area contributed by atoms with Gasteiger partial charge in [-0.05, 0) is 6.42 Å². The van der Waals surface area contributed by atoms with Crippen LogP contribution in [0.15, 0.2) is 11.9 Å². The average Bonchev–Trinajstić information content (AvgIpc) is 1.68. The van der Waals surface area contributed by atoms with Crippen molar-refractivity contribution < 1.29 is 4.39 Å². The van der Waals surface area contributed by atoms with Gasteiger partial charge in [0.05, 0.1) is 6.42 Å². The molecule has 0 atom stereocenters. The van der Waals surface area contributed by atoms with Gasteiger partial charge in [-0.2, -0.15) is 0 Å². The van der Waals surface area contributed by atoms with E-state index in [0.29, 0.717) is 6.42 Å². The monoisotopic (exact) mass is 112 g/mol. The topological polar surface area (TPSA) is 0 Å². The summed E-state index contributed by atoms with van der Waals surface area (Å²) in [6, 6.07) is 0. The van der Waals surface area contributed by atoms with Crippen LogP contribution in [-0.4, -0.2) is 0 Å². The summed E-state index contributed by atoms with van der Waals surface area (Å²) < 4.78 is 12.1. The molecule has 0 aromatic rings. The molecule has 0 aromatic heterocycles. The molecule has 0 fully saturated rings. The van der Waals surface area contributed by atoms with Crippen molar-refractivity contribution in [3.8, 4) is 12.3 Å². The van der Waals surface area contributed by atoms with Crippen LogP contribution >= 0.6 is 0 Å². The number of hydrogen-bond donors (Lipinski definition) is 0. The highest BCUT2D eigenvalue weighted by molar-refractivity contribution is 5.02. The van der Waals surface area contributed by atoms with Crippen LogP contribution in [0.3, 0.4) is 0 Å². The zero-order valence-corrected chi connectivity index (χ0v) is 4.95. The zero-order valence-electron chi connectivity index (χ0n) is 4.95. The Morgan fingerprint density at radius 1 is 1.88 bits per heavy atom. The quantitative estimate of drug-likeness (QED) is 0.481. The van der Waals surface area contributed by atoms with E-state index in [4.69, 9.17) is 6.42 Å². The van der Waals surface area contributed by atoms with Crippen LogP contribution < -0.4 is 0 Å². The molecule has 0 saturated heterocycles. The second kappa shape index (κ2) is 4.39. The minimum absolute atomic E-state index is 0.133. The molecular formula is C7H9F. The summed E-state index contributed by atoms with van der Waals surface area (Å²) in [7, 11) is 0. The lowest BCUT2D eigenvalue weighted by molar-refractivity contribution is 0.616. The highest BCUT2D eigenvalue weighted by Gasteiger charge is 1.85. The maximum Gasteiger partial charge on any atom is 0.108 e. The Kier molecular flexibility index (Phi) is 3.97. The lowest BCUT2D eigenvalue weighted by Crippen LogP contribution is -1.67. The van der Waals surface area contributed by atoms with Crippen molar-refractivity contribution in [3.05, 3.63) is 11.9 Å². The Morgan fingerprint density at radius 3 is 2.88 bits per heavy atom. The van der Waals surface area contributed by atoms with Crippen molar-refractivity contribution in [1.82, 2.24) is 0 Å². The third-order valence-electron chi connectivity index (χ3n) is 0.697. The molecule has 0 heterocycles. The number of terminal acetylenes is 1. The SMILES string of the molecule is C#CC/C(F)=C/CC. The number of rotatable bonds is 2. The average molecular weight is 112 g/mol. The van der Waals surface area contributed by atoms with E-state index in [0.717, 1.165) is 0 Å². The number of allylic oxidation sites excluding steroid dienone is 2. The Morgan fingerprint density at radius 2 is 2.50 bits per heavy atom. The first-order valence-electron chi connectivity index (χ1n) is 2.59. The van der Waals surface area contributed by atoms with Crippen molar-refractivity contribution in [2.45, 2.75) is 19.8 Å². The smallest absolute Gasteiger partial charge is 0.108 e. The van der Waals surface area contributed by atoms with Gasteiger partial charge in [-0.1, -0.05) is 18.9 Å². The molecule has 0 aliphatic carbocycles. The van der Waals surface area contributed by atoms with E-state index in [2.05, 4.69) is 5.92 Å². The van der Waals surface area contributed by atoms with Gasteiger partial charge in [0.2, 0.25) is 0 Å². The molecule has 1 heteroatoms. The minimum Gasteiger partial charge on any atom is -0.211 e. The third-order valence-corrected chi connectivity index (χ3v) is 0.697. The fourth-order valence-corrected chi connectivity index (χ4v) is 0.391. The Labute approximate surface area is 49.4 Å². The lowest BCUT2D eigenvalue weighted by Gasteiger charge is -1.83. The van der Waals surface area contributed by atoms with Gasteiger partial charge in [-0.15, -0.1) is 6.42 Å². The molecule has 0 bridgehead atoms. The molecule has 0 saturated carbocycles. The molecule has 0 aliphatic rings. The Balaban J connectivity index is 3.49. The third kappa shape index (κ3) is 3.42. The van der Waals surface area contributed by atoms with Crippen LogP contribution in [0.5, 0.6) is 0 Å². The minimum atomic E-state index is -0.199. The molecule has 0 rings (SSSR count). The van der Waals surface area contributed by atoms with Gasteiger partial charge in [-0.25, -0.2) is 4.39 Å². The summed E-state index contributed by atoms with van der Waals surface area (Å²) in [6.07, 6.45) is 7.16. The molecule has 0 nitrogen and oxygen atoms in total. The predicted molar refractivity (Wildman–Crippen MR) is 32.9 cm³/mol. The van der Waals surface area contributed by atoms with Crippen LogP contribution in [0.4, 0.5) is 4.39 Å². The summed E-state index contributed by atoms with van der Waals surface area (Å²) in [5.74, 6) is 2.01. The maximum atomic E-state index is 12.1. The summed E-state index contributed by atoms with van der Waals surface area (Å²) in [5.41, 5.74) is 0. The lowest BCUT2D eigenvalue weighted by atomic mass is 10.3. The summed E-state index contributed by atoms with van der Waals surface area (Å²) in [4.78, 5) is 0. The van der Waals surface area contributed by atoms with E-state index in [1.165, 1.54) is 6.08 Å². The zero-order chi connectivity index (χ0) is 6.41. The highest BCUT2D eigenvalue weighted by Crippen LogP contribution is 2.01. The molecule has 44 valence electrons. The van der Waals surface area contributed by atoms with Crippen LogP contribution in [0.25, 0.3) is 0 Å². The standard InChI is InChI=1S/C7H9F/c1-3-5-7(8)6-4-2/h1,6H,4-5H2,2H3/b7-6-. The summed E-state index contributed by atoms with van der Waals surface area (Å²) >= 11 is 0. The molecule has 0 spiro atoms. The van der Waals surface area contributed by atoms with Crippen LogP contribution in [0.1, 0.15) is 19.8 Å². The van der Waals surface area contributed by atoms with Crippen molar-refractivity contribution in [2.75, 3.05) is 0 Å². The van der Waals surface area contributed by atoms with Crippen LogP contribution in [0.2, 0.25) is 0 Å². The molecule has 0 aromatic carbocycles. The normalized spacial score (nSPS) is 10.9.